The summed E-state index contributed by atoms with van der Waals surface area (Å²) in [6.07, 6.45) is 2.16. The van der Waals surface area contributed by atoms with E-state index < -0.39 is 12.0 Å². The van der Waals surface area contributed by atoms with Crippen LogP contribution in [-0.2, 0) is 4.79 Å². The second kappa shape index (κ2) is 4.28. The molecule has 80 valence electrons. The van der Waals surface area contributed by atoms with Gasteiger partial charge in [0.1, 0.15) is 6.04 Å². The lowest BCUT2D eigenvalue weighted by Gasteiger charge is -2.25. The molecule has 1 aliphatic rings. The monoisotopic (exact) mass is 200 g/mol. The van der Waals surface area contributed by atoms with Gasteiger partial charge in [0.05, 0.1) is 0 Å². The van der Waals surface area contributed by atoms with E-state index in [0.29, 0.717) is 6.42 Å². The summed E-state index contributed by atoms with van der Waals surface area (Å²) in [5, 5.41) is 15.9. The van der Waals surface area contributed by atoms with E-state index in [4.69, 9.17) is 22.0 Å². The van der Waals surface area contributed by atoms with Crippen LogP contribution in [0.3, 0.4) is 0 Å². The van der Waals surface area contributed by atoms with Gasteiger partial charge in [-0.05, 0) is 19.3 Å². The molecule has 0 spiro atoms. The Kier molecular flexibility index (Phi) is 3.29. The van der Waals surface area contributed by atoms with Crippen LogP contribution < -0.4 is 11.5 Å². The van der Waals surface area contributed by atoms with E-state index in [-0.39, 0.29) is 12.0 Å². The molecular weight excluding hydrogens is 184 g/mol. The Morgan fingerprint density at radius 3 is 2.86 bits per heavy atom. The van der Waals surface area contributed by atoms with Gasteiger partial charge in [-0.15, -0.1) is 0 Å². The van der Waals surface area contributed by atoms with Gasteiger partial charge in [0, 0.05) is 12.6 Å². The molecule has 2 unspecified atom stereocenters. The van der Waals surface area contributed by atoms with Crippen LogP contribution in [0.4, 0.5) is 0 Å². The molecule has 1 saturated heterocycles. The highest BCUT2D eigenvalue weighted by Gasteiger charge is 2.28. The van der Waals surface area contributed by atoms with E-state index in [9.17, 15) is 4.79 Å². The fraction of sp³-hybridized carbons (Fsp3) is 0.750. The molecule has 0 saturated carbocycles. The van der Waals surface area contributed by atoms with Crippen LogP contribution in [-0.4, -0.2) is 40.6 Å². The zero-order chi connectivity index (χ0) is 10.7. The number of hydrogen-bond acceptors (Lipinski definition) is 3. The number of nitrogens with one attached hydrogen (secondary N) is 1. The first-order chi connectivity index (χ1) is 6.52. The molecule has 1 fully saturated rings. The number of carbonyl (C=O) groups is 1. The lowest BCUT2D eigenvalue weighted by Crippen LogP contribution is -2.44. The van der Waals surface area contributed by atoms with Crippen molar-refractivity contribution in [1.82, 2.24) is 4.90 Å². The summed E-state index contributed by atoms with van der Waals surface area (Å²) in [5.74, 6) is -0.995. The number of carboxylic acids is 1. The van der Waals surface area contributed by atoms with Crippen molar-refractivity contribution in [3.63, 3.8) is 0 Å². The minimum Gasteiger partial charge on any atom is -0.480 e. The maximum Gasteiger partial charge on any atom is 0.320 e. The molecule has 2 atom stereocenters. The van der Waals surface area contributed by atoms with Crippen LogP contribution in [0.15, 0.2) is 0 Å². The largest absolute Gasteiger partial charge is 0.480 e. The molecule has 0 amide bonds. The first-order valence-electron chi connectivity index (χ1n) is 4.61. The Morgan fingerprint density at radius 2 is 2.36 bits per heavy atom. The first kappa shape index (κ1) is 10.8. The quantitative estimate of drug-likeness (QED) is 0.349. The summed E-state index contributed by atoms with van der Waals surface area (Å²) in [6, 6.07) is -0.849. The molecule has 6 heteroatoms. The number of nitrogens with zero attached hydrogens (tertiary/aromatic N) is 1. The molecular formula is C8H16N4O2. The number of likely N-dealkylation sites (tertiary alicyclic amines) is 1. The third-order valence-electron chi connectivity index (χ3n) is 2.53. The molecule has 6 N–H and O–H groups in total. The Labute approximate surface area is 82.4 Å². The zero-order valence-electron chi connectivity index (χ0n) is 7.94. The highest BCUT2D eigenvalue weighted by molar-refractivity contribution is 5.76. The number of carboxylic acid groups (broad SMARTS) is 1. The average molecular weight is 200 g/mol. The molecule has 1 rings (SSSR count). The standard InChI is InChI=1S/C8H16N4O2/c9-6(7(13)14)4-5-2-1-3-12(5)8(10)11/h5-6H,1-4,9H2,(H3,10,11)(H,13,14). The third-order valence-corrected chi connectivity index (χ3v) is 2.53. The van der Waals surface area contributed by atoms with E-state index in [1.54, 1.807) is 4.90 Å². The highest BCUT2D eigenvalue weighted by Crippen LogP contribution is 2.20. The van der Waals surface area contributed by atoms with Gasteiger partial charge in [0.15, 0.2) is 5.96 Å². The molecule has 1 heterocycles. The average Bonchev–Trinajstić information content (AvgIpc) is 2.52. The molecule has 0 radical (unpaired) electrons. The van der Waals surface area contributed by atoms with Gasteiger partial charge in [0.2, 0.25) is 0 Å². The van der Waals surface area contributed by atoms with E-state index in [0.717, 1.165) is 19.4 Å². The molecule has 0 bridgehead atoms. The fourth-order valence-electron chi connectivity index (χ4n) is 1.79. The topological polar surface area (TPSA) is 116 Å². The van der Waals surface area contributed by atoms with Crippen molar-refractivity contribution in [3.05, 3.63) is 0 Å². The molecule has 0 aromatic rings. The Hall–Kier alpha value is -1.30. The first-order valence-corrected chi connectivity index (χ1v) is 4.61. The number of hydrogen-bond donors (Lipinski definition) is 4. The number of nitrogens with two attached hydrogens (primary N) is 2. The van der Waals surface area contributed by atoms with Crippen molar-refractivity contribution < 1.29 is 9.90 Å². The lowest BCUT2D eigenvalue weighted by atomic mass is 10.1. The Bertz CT molecular complexity index is 243. The summed E-state index contributed by atoms with van der Waals surface area (Å²) in [4.78, 5) is 12.2. The summed E-state index contributed by atoms with van der Waals surface area (Å²) in [5.41, 5.74) is 10.8. The Morgan fingerprint density at radius 1 is 1.71 bits per heavy atom. The second-order valence-electron chi connectivity index (χ2n) is 3.56. The second-order valence-corrected chi connectivity index (χ2v) is 3.56. The summed E-state index contributed by atoms with van der Waals surface area (Å²) in [7, 11) is 0. The van der Waals surface area contributed by atoms with Gasteiger partial charge in [-0.1, -0.05) is 0 Å². The fourth-order valence-corrected chi connectivity index (χ4v) is 1.79. The van der Waals surface area contributed by atoms with Gasteiger partial charge in [-0.25, -0.2) is 0 Å². The highest BCUT2D eigenvalue weighted by atomic mass is 16.4. The predicted molar refractivity (Wildman–Crippen MR) is 51.9 cm³/mol. The maximum absolute atomic E-state index is 10.5. The van der Waals surface area contributed by atoms with Crippen LogP contribution in [0.25, 0.3) is 0 Å². The van der Waals surface area contributed by atoms with Gasteiger partial charge in [-0.3, -0.25) is 10.2 Å². The van der Waals surface area contributed by atoms with Crippen molar-refractivity contribution in [2.75, 3.05) is 6.54 Å². The van der Waals surface area contributed by atoms with Gasteiger partial charge < -0.3 is 21.5 Å². The molecule has 1 aliphatic heterocycles. The Balaban J connectivity index is 2.51. The van der Waals surface area contributed by atoms with Gasteiger partial charge >= 0.3 is 5.97 Å². The SMILES string of the molecule is N=C(N)N1CCCC1CC(N)C(=O)O. The smallest absolute Gasteiger partial charge is 0.320 e. The normalized spacial score (nSPS) is 23.5. The lowest BCUT2D eigenvalue weighted by molar-refractivity contribution is -0.138. The molecule has 0 aromatic carbocycles. The van der Waals surface area contributed by atoms with Crippen molar-refractivity contribution in [1.29, 1.82) is 5.41 Å². The minimum absolute atomic E-state index is 0.00471. The van der Waals surface area contributed by atoms with Crippen LogP contribution in [0, 0.1) is 5.41 Å². The minimum atomic E-state index is -1.000. The zero-order valence-corrected chi connectivity index (χ0v) is 7.94. The van der Waals surface area contributed by atoms with Crippen molar-refractivity contribution in [2.45, 2.75) is 31.3 Å². The van der Waals surface area contributed by atoms with Crippen LogP contribution in [0.1, 0.15) is 19.3 Å². The molecule has 0 aliphatic carbocycles. The van der Waals surface area contributed by atoms with Crippen molar-refractivity contribution in [2.24, 2.45) is 11.5 Å². The summed E-state index contributed by atoms with van der Waals surface area (Å²) in [6.45, 7) is 0.729. The molecule has 14 heavy (non-hydrogen) atoms. The van der Waals surface area contributed by atoms with E-state index in [2.05, 4.69) is 0 Å². The maximum atomic E-state index is 10.5. The molecule has 6 nitrogen and oxygen atoms in total. The van der Waals surface area contributed by atoms with Gasteiger partial charge in [0.25, 0.3) is 0 Å². The van der Waals surface area contributed by atoms with Crippen molar-refractivity contribution in [3.8, 4) is 0 Å². The summed E-state index contributed by atoms with van der Waals surface area (Å²) < 4.78 is 0. The number of guanidine groups is 1. The van der Waals surface area contributed by atoms with E-state index >= 15 is 0 Å². The van der Waals surface area contributed by atoms with Crippen molar-refractivity contribution >= 4 is 11.9 Å². The van der Waals surface area contributed by atoms with E-state index in [1.165, 1.54) is 0 Å². The number of aliphatic carboxylic acids is 1. The molecule has 0 aromatic heterocycles. The van der Waals surface area contributed by atoms with Gasteiger partial charge in [-0.2, -0.15) is 0 Å². The van der Waals surface area contributed by atoms with Crippen LogP contribution >= 0.6 is 0 Å². The summed E-state index contributed by atoms with van der Waals surface area (Å²) >= 11 is 0. The van der Waals surface area contributed by atoms with E-state index in [1.807, 2.05) is 0 Å². The third kappa shape index (κ3) is 2.35. The van der Waals surface area contributed by atoms with Crippen LogP contribution in [0.5, 0.6) is 0 Å². The predicted octanol–water partition coefficient (Wildman–Crippen LogP) is -0.854. The number of rotatable bonds is 3. The van der Waals surface area contributed by atoms with Crippen LogP contribution in [0.2, 0.25) is 0 Å².